The highest BCUT2D eigenvalue weighted by Gasteiger charge is 2.24. The fourth-order valence-electron chi connectivity index (χ4n) is 3.90. The summed E-state index contributed by atoms with van der Waals surface area (Å²) in [5.74, 6) is -1.38. The lowest BCUT2D eigenvalue weighted by molar-refractivity contribution is 0.0695. The molecule has 28 heavy (non-hydrogen) atoms. The standard InChI is InChI=1S/C21H23FN4O2/c1-12-19(21(27)28)13(2)24-14(3)20(12)25-17-6-8-26(9-7-17)18-5-4-16(22)10-15(18)11-23/h4-5,10,17,25H,6-9H2,1-3H3,(H,27,28). The molecule has 146 valence electrons. The lowest BCUT2D eigenvalue weighted by Gasteiger charge is -2.35. The van der Waals surface area contributed by atoms with Gasteiger partial charge in [0.2, 0.25) is 0 Å². The number of nitrogens with one attached hydrogen (secondary N) is 1. The molecule has 2 aromatic rings. The molecule has 2 N–H and O–H groups in total. The van der Waals surface area contributed by atoms with E-state index in [0.29, 0.717) is 16.8 Å². The highest BCUT2D eigenvalue weighted by molar-refractivity contribution is 5.92. The van der Waals surface area contributed by atoms with Crippen LogP contribution in [0.2, 0.25) is 0 Å². The summed E-state index contributed by atoms with van der Waals surface area (Å²) < 4.78 is 13.4. The second-order valence-corrected chi connectivity index (χ2v) is 7.14. The van der Waals surface area contributed by atoms with Crippen LogP contribution in [0.25, 0.3) is 0 Å². The second kappa shape index (κ2) is 7.85. The number of nitrogens with zero attached hydrogens (tertiary/aromatic N) is 3. The highest BCUT2D eigenvalue weighted by Crippen LogP contribution is 2.29. The molecule has 2 heterocycles. The van der Waals surface area contributed by atoms with Crippen LogP contribution in [-0.4, -0.2) is 35.2 Å². The Morgan fingerprint density at radius 2 is 1.96 bits per heavy atom. The molecule has 1 aromatic heterocycles. The summed E-state index contributed by atoms with van der Waals surface area (Å²) in [6.07, 6.45) is 1.63. The first-order valence-corrected chi connectivity index (χ1v) is 9.24. The van der Waals surface area contributed by atoms with Crippen LogP contribution in [-0.2, 0) is 0 Å². The number of carboxylic acid groups (broad SMARTS) is 1. The van der Waals surface area contributed by atoms with Gasteiger partial charge in [-0.3, -0.25) is 4.98 Å². The van der Waals surface area contributed by atoms with Crippen LogP contribution in [0.4, 0.5) is 15.8 Å². The van der Waals surface area contributed by atoms with E-state index in [2.05, 4.69) is 21.3 Å². The largest absolute Gasteiger partial charge is 0.478 e. The minimum atomic E-state index is -0.972. The van der Waals surface area contributed by atoms with E-state index >= 15 is 0 Å². The van der Waals surface area contributed by atoms with Gasteiger partial charge >= 0.3 is 5.97 Å². The molecule has 0 unspecified atom stereocenters. The van der Waals surface area contributed by atoms with Gasteiger partial charge in [-0.15, -0.1) is 0 Å². The number of piperidine rings is 1. The van der Waals surface area contributed by atoms with Crippen molar-refractivity contribution in [1.82, 2.24) is 4.98 Å². The van der Waals surface area contributed by atoms with E-state index in [9.17, 15) is 19.6 Å². The molecule has 3 rings (SSSR count). The Morgan fingerprint density at radius 3 is 2.57 bits per heavy atom. The van der Waals surface area contributed by atoms with Gasteiger partial charge in [0.25, 0.3) is 0 Å². The number of anilines is 2. The van der Waals surface area contributed by atoms with Gasteiger partial charge in [-0.2, -0.15) is 5.26 Å². The van der Waals surface area contributed by atoms with Crippen LogP contribution in [0.5, 0.6) is 0 Å². The van der Waals surface area contributed by atoms with Gasteiger partial charge < -0.3 is 15.3 Å². The molecule has 6 nitrogen and oxygen atoms in total. The number of carbonyl (C=O) groups is 1. The van der Waals surface area contributed by atoms with E-state index in [1.54, 1.807) is 19.9 Å². The van der Waals surface area contributed by atoms with Crippen molar-refractivity contribution in [1.29, 1.82) is 5.26 Å². The van der Waals surface area contributed by atoms with Crippen LogP contribution < -0.4 is 10.2 Å². The predicted molar refractivity (Wildman–Crippen MR) is 105 cm³/mol. The van der Waals surface area contributed by atoms with Gasteiger partial charge in [0.15, 0.2) is 0 Å². The summed E-state index contributed by atoms with van der Waals surface area (Å²) in [5, 5.41) is 22.2. The van der Waals surface area contributed by atoms with E-state index in [0.717, 1.165) is 43.0 Å². The quantitative estimate of drug-likeness (QED) is 0.836. The van der Waals surface area contributed by atoms with Crippen molar-refractivity contribution in [2.75, 3.05) is 23.3 Å². The minimum absolute atomic E-state index is 0.172. The summed E-state index contributed by atoms with van der Waals surface area (Å²) in [7, 11) is 0. The molecule has 1 saturated heterocycles. The molecule has 7 heteroatoms. The number of hydrogen-bond donors (Lipinski definition) is 2. The first-order valence-electron chi connectivity index (χ1n) is 9.24. The van der Waals surface area contributed by atoms with Gasteiger partial charge in [-0.25, -0.2) is 9.18 Å². The second-order valence-electron chi connectivity index (χ2n) is 7.14. The van der Waals surface area contributed by atoms with E-state index < -0.39 is 11.8 Å². The molecule has 1 aliphatic heterocycles. The van der Waals surface area contributed by atoms with E-state index in [1.807, 2.05) is 6.92 Å². The molecule has 0 amide bonds. The highest BCUT2D eigenvalue weighted by atomic mass is 19.1. The third-order valence-electron chi connectivity index (χ3n) is 5.29. The maximum atomic E-state index is 13.4. The third-order valence-corrected chi connectivity index (χ3v) is 5.29. The average Bonchev–Trinajstić information content (AvgIpc) is 2.65. The summed E-state index contributed by atoms with van der Waals surface area (Å²) in [5.41, 5.74) is 4.12. The van der Waals surface area contributed by atoms with Gasteiger partial charge in [0.1, 0.15) is 11.9 Å². The Balaban J connectivity index is 1.75. The number of aromatic nitrogens is 1. The van der Waals surface area contributed by atoms with E-state index in [4.69, 9.17) is 0 Å². The normalized spacial score (nSPS) is 14.6. The van der Waals surface area contributed by atoms with Gasteiger partial charge in [0, 0.05) is 19.1 Å². The fraction of sp³-hybridized carbons (Fsp3) is 0.381. The van der Waals surface area contributed by atoms with E-state index in [1.165, 1.54) is 12.1 Å². The summed E-state index contributed by atoms with van der Waals surface area (Å²) in [6.45, 7) is 6.84. The Kier molecular flexibility index (Phi) is 5.50. The molecule has 0 atom stereocenters. The van der Waals surface area contributed by atoms with Crippen molar-refractivity contribution < 1.29 is 14.3 Å². The zero-order chi connectivity index (χ0) is 20.4. The van der Waals surface area contributed by atoms with Crippen LogP contribution in [0.3, 0.4) is 0 Å². The number of nitriles is 1. The first-order chi connectivity index (χ1) is 13.3. The van der Waals surface area contributed by atoms with Gasteiger partial charge in [-0.1, -0.05) is 0 Å². The molecular weight excluding hydrogens is 359 g/mol. The van der Waals surface area contributed by atoms with Crippen LogP contribution in [0.1, 0.15) is 45.7 Å². The molecule has 1 fully saturated rings. The minimum Gasteiger partial charge on any atom is -0.478 e. The lowest BCUT2D eigenvalue weighted by Crippen LogP contribution is -2.39. The smallest absolute Gasteiger partial charge is 0.337 e. The van der Waals surface area contributed by atoms with Crippen molar-refractivity contribution in [3.63, 3.8) is 0 Å². The maximum Gasteiger partial charge on any atom is 0.337 e. The van der Waals surface area contributed by atoms with E-state index in [-0.39, 0.29) is 11.6 Å². The zero-order valence-electron chi connectivity index (χ0n) is 16.2. The SMILES string of the molecule is Cc1nc(C)c(C(=O)O)c(C)c1NC1CCN(c2ccc(F)cc2C#N)CC1. The predicted octanol–water partition coefficient (Wildman–Crippen LogP) is 3.80. The topological polar surface area (TPSA) is 89.2 Å². The third kappa shape index (κ3) is 3.77. The summed E-state index contributed by atoms with van der Waals surface area (Å²) >= 11 is 0. The Hall–Kier alpha value is -3.14. The van der Waals surface area contributed by atoms with Crippen LogP contribution in [0, 0.1) is 37.9 Å². The van der Waals surface area contributed by atoms with Crippen molar-refractivity contribution in [2.24, 2.45) is 0 Å². The number of aromatic carboxylic acids is 1. The molecule has 0 spiro atoms. The number of pyridine rings is 1. The number of carboxylic acids is 1. The van der Waals surface area contributed by atoms with Gasteiger partial charge in [-0.05, 0) is 57.4 Å². The molecule has 0 aliphatic carbocycles. The number of hydrogen-bond acceptors (Lipinski definition) is 5. The zero-order valence-corrected chi connectivity index (χ0v) is 16.2. The molecular formula is C21H23FN4O2. The van der Waals surface area contributed by atoms with Crippen LogP contribution in [0.15, 0.2) is 18.2 Å². The van der Waals surface area contributed by atoms with Crippen LogP contribution >= 0.6 is 0 Å². The Bertz CT molecular complexity index is 960. The molecule has 1 aromatic carbocycles. The number of halogens is 1. The molecule has 1 aliphatic rings. The van der Waals surface area contributed by atoms with Crippen molar-refractivity contribution in [2.45, 2.75) is 39.7 Å². The number of benzene rings is 1. The summed E-state index contributed by atoms with van der Waals surface area (Å²) in [6, 6.07) is 6.52. The Morgan fingerprint density at radius 1 is 1.29 bits per heavy atom. The monoisotopic (exact) mass is 382 g/mol. The number of rotatable bonds is 4. The fourth-order valence-corrected chi connectivity index (χ4v) is 3.90. The molecule has 0 bridgehead atoms. The summed E-state index contributed by atoms with van der Waals surface area (Å²) in [4.78, 5) is 18.0. The van der Waals surface area contributed by atoms with Gasteiger partial charge in [0.05, 0.1) is 33.9 Å². The molecule has 0 radical (unpaired) electrons. The Labute approximate surface area is 163 Å². The number of aryl methyl sites for hydroxylation is 2. The first kappa shape index (κ1) is 19.6. The lowest BCUT2D eigenvalue weighted by atomic mass is 10.00. The maximum absolute atomic E-state index is 13.4. The van der Waals surface area contributed by atoms with Crippen molar-refractivity contribution in [3.05, 3.63) is 52.1 Å². The average molecular weight is 382 g/mol. The van der Waals surface area contributed by atoms with Crippen molar-refractivity contribution in [3.8, 4) is 6.07 Å². The van der Waals surface area contributed by atoms with Crippen molar-refractivity contribution >= 4 is 17.3 Å². The molecule has 0 saturated carbocycles.